The Morgan fingerprint density at radius 2 is 1.45 bits per heavy atom. The van der Waals surface area contributed by atoms with Gasteiger partial charge in [0, 0.05) is 11.8 Å². The molecule has 1 aromatic heterocycles. The van der Waals surface area contributed by atoms with Crippen LogP contribution in [0.5, 0.6) is 0 Å². The summed E-state index contributed by atoms with van der Waals surface area (Å²) in [6.07, 6.45) is -3.03. The maximum Gasteiger partial charge on any atom is 0.435 e. The standard InChI is InChI=1S/C17H13F3N2/c18-17(19,20)16-15(14-9-5-2-6-10-14)12-22(21-16)11-13-7-3-1-4-8-13/h1-10,12H,11H2. The first-order valence-electron chi connectivity index (χ1n) is 6.78. The van der Waals surface area contributed by atoms with Gasteiger partial charge in [0.25, 0.3) is 0 Å². The van der Waals surface area contributed by atoms with Crippen molar-refractivity contribution in [3.05, 3.63) is 78.1 Å². The van der Waals surface area contributed by atoms with Crippen LogP contribution in [-0.2, 0) is 12.7 Å². The summed E-state index contributed by atoms with van der Waals surface area (Å²) in [5.41, 5.74) is 0.658. The molecule has 2 aromatic carbocycles. The first-order chi connectivity index (χ1) is 10.5. The summed E-state index contributed by atoms with van der Waals surface area (Å²) in [6, 6.07) is 17.8. The highest BCUT2D eigenvalue weighted by molar-refractivity contribution is 5.65. The van der Waals surface area contributed by atoms with Crippen LogP contribution in [-0.4, -0.2) is 9.78 Å². The molecule has 0 spiro atoms. The third kappa shape index (κ3) is 3.03. The molecule has 0 aliphatic heterocycles. The Kier molecular flexibility index (Phi) is 3.71. The van der Waals surface area contributed by atoms with Crippen LogP contribution in [0.25, 0.3) is 11.1 Å². The third-order valence-electron chi connectivity index (χ3n) is 3.30. The highest BCUT2D eigenvalue weighted by Crippen LogP contribution is 2.36. The Bertz CT molecular complexity index is 747. The summed E-state index contributed by atoms with van der Waals surface area (Å²) in [5.74, 6) is 0. The number of benzene rings is 2. The van der Waals surface area contributed by atoms with Gasteiger partial charge in [-0.3, -0.25) is 4.68 Å². The molecule has 0 radical (unpaired) electrons. The molecule has 112 valence electrons. The molecule has 22 heavy (non-hydrogen) atoms. The predicted molar refractivity (Wildman–Crippen MR) is 78.2 cm³/mol. The average Bonchev–Trinajstić information content (AvgIpc) is 2.93. The van der Waals surface area contributed by atoms with E-state index in [0.29, 0.717) is 12.1 Å². The number of rotatable bonds is 3. The Morgan fingerprint density at radius 3 is 2.05 bits per heavy atom. The van der Waals surface area contributed by atoms with Gasteiger partial charge < -0.3 is 0 Å². The quantitative estimate of drug-likeness (QED) is 0.690. The minimum Gasteiger partial charge on any atom is -0.267 e. The lowest BCUT2D eigenvalue weighted by Crippen LogP contribution is -2.09. The molecule has 0 aliphatic carbocycles. The molecule has 2 nitrogen and oxygen atoms in total. The number of nitrogens with zero attached hydrogens (tertiary/aromatic N) is 2. The molecule has 0 unspecified atom stereocenters. The van der Waals surface area contributed by atoms with Crippen molar-refractivity contribution >= 4 is 0 Å². The molecule has 5 heteroatoms. The van der Waals surface area contributed by atoms with E-state index in [9.17, 15) is 13.2 Å². The summed E-state index contributed by atoms with van der Waals surface area (Å²) >= 11 is 0. The topological polar surface area (TPSA) is 17.8 Å². The number of alkyl halides is 3. The zero-order chi connectivity index (χ0) is 15.6. The van der Waals surface area contributed by atoms with Crippen molar-refractivity contribution in [3.8, 4) is 11.1 Å². The fourth-order valence-electron chi connectivity index (χ4n) is 2.31. The third-order valence-corrected chi connectivity index (χ3v) is 3.30. The second-order valence-electron chi connectivity index (χ2n) is 4.94. The van der Waals surface area contributed by atoms with Crippen LogP contribution in [0.15, 0.2) is 66.9 Å². The molecular weight excluding hydrogens is 289 g/mol. The van der Waals surface area contributed by atoms with Crippen LogP contribution >= 0.6 is 0 Å². The van der Waals surface area contributed by atoms with E-state index in [1.54, 1.807) is 30.3 Å². The van der Waals surface area contributed by atoms with Gasteiger partial charge in [-0.1, -0.05) is 60.7 Å². The molecule has 0 bridgehead atoms. The monoisotopic (exact) mass is 302 g/mol. The number of aromatic nitrogens is 2. The van der Waals surface area contributed by atoms with Gasteiger partial charge >= 0.3 is 6.18 Å². The molecule has 0 atom stereocenters. The van der Waals surface area contributed by atoms with Crippen molar-refractivity contribution in [1.82, 2.24) is 9.78 Å². The van der Waals surface area contributed by atoms with Gasteiger partial charge in [-0.05, 0) is 11.1 Å². The Balaban J connectivity index is 2.02. The lowest BCUT2D eigenvalue weighted by molar-refractivity contribution is -0.141. The van der Waals surface area contributed by atoms with Crippen molar-refractivity contribution in [3.63, 3.8) is 0 Å². The molecule has 0 N–H and O–H groups in total. The lowest BCUT2D eigenvalue weighted by Gasteiger charge is -2.05. The SMILES string of the molecule is FC(F)(F)c1nn(Cc2ccccc2)cc1-c1ccccc1. The van der Waals surface area contributed by atoms with Gasteiger partial charge in [-0.2, -0.15) is 18.3 Å². The van der Waals surface area contributed by atoms with Crippen LogP contribution in [0, 0.1) is 0 Å². The highest BCUT2D eigenvalue weighted by atomic mass is 19.4. The molecule has 0 saturated heterocycles. The molecule has 0 aliphatic rings. The highest BCUT2D eigenvalue weighted by Gasteiger charge is 2.37. The maximum absolute atomic E-state index is 13.2. The van der Waals surface area contributed by atoms with E-state index < -0.39 is 11.9 Å². The van der Waals surface area contributed by atoms with E-state index in [-0.39, 0.29) is 5.56 Å². The van der Waals surface area contributed by atoms with Gasteiger partial charge in [0.05, 0.1) is 6.54 Å². The number of hydrogen-bond donors (Lipinski definition) is 0. The predicted octanol–water partition coefficient (Wildman–Crippen LogP) is 4.62. The first-order valence-corrected chi connectivity index (χ1v) is 6.78. The normalized spacial score (nSPS) is 11.6. The maximum atomic E-state index is 13.2. The summed E-state index contributed by atoms with van der Waals surface area (Å²) in [4.78, 5) is 0. The van der Waals surface area contributed by atoms with Crippen molar-refractivity contribution in [2.24, 2.45) is 0 Å². The minimum absolute atomic E-state index is 0.101. The number of halogens is 3. The van der Waals surface area contributed by atoms with Crippen molar-refractivity contribution in [2.45, 2.75) is 12.7 Å². The fourth-order valence-corrected chi connectivity index (χ4v) is 2.31. The lowest BCUT2D eigenvalue weighted by atomic mass is 10.1. The molecule has 0 fully saturated rings. The van der Waals surface area contributed by atoms with Crippen LogP contribution < -0.4 is 0 Å². The van der Waals surface area contributed by atoms with Gasteiger partial charge in [0.1, 0.15) is 0 Å². The van der Waals surface area contributed by atoms with Crippen LogP contribution in [0.3, 0.4) is 0 Å². The zero-order valence-corrected chi connectivity index (χ0v) is 11.6. The van der Waals surface area contributed by atoms with Gasteiger partial charge in [-0.25, -0.2) is 0 Å². The smallest absolute Gasteiger partial charge is 0.267 e. The van der Waals surface area contributed by atoms with Gasteiger partial charge in [0.15, 0.2) is 5.69 Å². The number of hydrogen-bond acceptors (Lipinski definition) is 1. The van der Waals surface area contributed by atoms with Crippen LogP contribution in [0.4, 0.5) is 13.2 Å². The molecule has 0 amide bonds. The van der Waals surface area contributed by atoms with E-state index in [2.05, 4.69) is 5.10 Å². The second kappa shape index (κ2) is 5.67. The molecule has 1 heterocycles. The van der Waals surface area contributed by atoms with E-state index in [1.165, 1.54) is 10.9 Å². The van der Waals surface area contributed by atoms with Crippen LogP contribution in [0.2, 0.25) is 0 Å². The zero-order valence-electron chi connectivity index (χ0n) is 11.6. The average molecular weight is 302 g/mol. The van der Waals surface area contributed by atoms with Crippen molar-refractivity contribution in [1.29, 1.82) is 0 Å². The van der Waals surface area contributed by atoms with E-state index in [0.717, 1.165) is 5.56 Å². The summed E-state index contributed by atoms with van der Waals surface area (Å²) in [5, 5.41) is 3.74. The van der Waals surface area contributed by atoms with Gasteiger partial charge in [0.2, 0.25) is 0 Å². The summed E-state index contributed by atoms with van der Waals surface area (Å²) in [7, 11) is 0. The fraction of sp³-hybridized carbons (Fsp3) is 0.118. The Hall–Kier alpha value is -2.56. The minimum atomic E-state index is -4.48. The first kappa shape index (κ1) is 14.4. The van der Waals surface area contributed by atoms with E-state index >= 15 is 0 Å². The summed E-state index contributed by atoms with van der Waals surface area (Å²) in [6.45, 7) is 0.302. The van der Waals surface area contributed by atoms with E-state index in [4.69, 9.17) is 0 Å². The largest absolute Gasteiger partial charge is 0.435 e. The Labute approximate surface area is 125 Å². The Morgan fingerprint density at radius 1 is 0.864 bits per heavy atom. The molecule has 0 saturated carbocycles. The second-order valence-corrected chi connectivity index (χ2v) is 4.94. The van der Waals surface area contributed by atoms with Crippen molar-refractivity contribution < 1.29 is 13.2 Å². The van der Waals surface area contributed by atoms with Gasteiger partial charge in [-0.15, -0.1) is 0 Å². The molecule has 3 rings (SSSR count). The van der Waals surface area contributed by atoms with E-state index in [1.807, 2.05) is 30.3 Å². The molecule has 3 aromatic rings. The summed E-state index contributed by atoms with van der Waals surface area (Å²) < 4.78 is 41.0. The molecular formula is C17H13F3N2. The van der Waals surface area contributed by atoms with Crippen LogP contribution in [0.1, 0.15) is 11.3 Å². The van der Waals surface area contributed by atoms with Crippen molar-refractivity contribution in [2.75, 3.05) is 0 Å².